The van der Waals surface area contributed by atoms with E-state index in [1.54, 1.807) is 6.07 Å². The molecule has 14 heteroatoms. The predicted molar refractivity (Wildman–Crippen MR) is 162 cm³/mol. The summed E-state index contributed by atoms with van der Waals surface area (Å²) in [7, 11) is -5.74. The van der Waals surface area contributed by atoms with Crippen molar-refractivity contribution in [1.29, 1.82) is 0 Å². The molecule has 3 heterocycles. The zero-order valence-corrected chi connectivity index (χ0v) is 28.2. The molecule has 1 aromatic heterocycles. The third kappa shape index (κ3) is 6.53. The van der Waals surface area contributed by atoms with Gasteiger partial charge in [0.1, 0.15) is 18.0 Å². The largest absolute Gasteiger partial charge is 0.468 e. The molecule has 0 aliphatic carbocycles. The van der Waals surface area contributed by atoms with Crippen LogP contribution in [0.1, 0.15) is 68.5 Å². The van der Waals surface area contributed by atoms with Gasteiger partial charge in [-0.05, 0) is 46.7 Å². The summed E-state index contributed by atoms with van der Waals surface area (Å²) in [6.07, 6.45) is 0.632. The minimum atomic E-state index is -2.97. The number of thiocarbonyl (C=S) groups is 1. The van der Waals surface area contributed by atoms with Crippen molar-refractivity contribution in [2.24, 2.45) is 0 Å². The minimum absolute atomic E-state index is 0.109. The Morgan fingerprint density at radius 1 is 1.13 bits per heavy atom. The van der Waals surface area contributed by atoms with Crippen LogP contribution in [-0.2, 0) is 27.2 Å². The van der Waals surface area contributed by atoms with Crippen LogP contribution < -0.4 is 11.0 Å². The molecule has 1 unspecified atom stereocenters. The van der Waals surface area contributed by atoms with E-state index in [4.69, 9.17) is 34.7 Å². The van der Waals surface area contributed by atoms with Gasteiger partial charge in [0.2, 0.25) is 10.3 Å². The molecule has 220 valence electrons. The normalized spacial score (nSPS) is 26.4. The van der Waals surface area contributed by atoms with Gasteiger partial charge in [0.05, 0.1) is 6.61 Å². The zero-order valence-electron chi connectivity index (χ0n) is 24.5. The number of ether oxygens (including phenoxy) is 2. The Balaban J connectivity index is 2.14. The maximum absolute atomic E-state index is 13.1. The van der Waals surface area contributed by atoms with Crippen molar-refractivity contribution < 1.29 is 27.2 Å². The molecule has 1 aromatic rings. The van der Waals surface area contributed by atoms with E-state index in [1.807, 2.05) is 6.26 Å². The number of amides is 1. The van der Waals surface area contributed by atoms with Crippen LogP contribution in [0.4, 0.5) is 5.82 Å². The van der Waals surface area contributed by atoms with E-state index in [0.717, 1.165) is 0 Å². The van der Waals surface area contributed by atoms with Gasteiger partial charge in [0.25, 0.3) is 0 Å². The highest BCUT2D eigenvalue weighted by atomic mass is 32.2. The molecule has 1 amide bonds. The Morgan fingerprint density at radius 2 is 1.72 bits per heavy atom. The van der Waals surface area contributed by atoms with Gasteiger partial charge in [-0.2, -0.15) is 4.98 Å². The number of anilines is 1. The molecule has 3 rings (SSSR count). The molecule has 0 radical (unpaired) electrons. The molecule has 0 aromatic carbocycles. The van der Waals surface area contributed by atoms with Gasteiger partial charge >= 0.3 is 22.8 Å². The first-order valence-corrected chi connectivity index (χ1v) is 19.0. The molecule has 0 saturated carbocycles. The third-order valence-electron chi connectivity index (χ3n) is 7.42. The van der Waals surface area contributed by atoms with E-state index >= 15 is 0 Å². The average Bonchev–Trinajstić information content (AvgIpc) is 3.13. The lowest BCUT2D eigenvalue weighted by Gasteiger charge is -2.51. The van der Waals surface area contributed by atoms with Crippen LogP contribution in [0.15, 0.2) is 17.1 Å². The number of carbonyl (C=O) groups excluding carboxylic acids is 1. The Morgan fingerprint density at radius 3 is 2.21 bits per heavy atom. The summed E-state index contributed by atoms with van der Waals surface area (Å²) in [5.41, 5.74) is -0.00635. The molecule has 39 heavy (non-hydrogen) atoms. The number of hydrogen-bond acceptors (Lipinski definition) is 10. The van der Waals surface area contributed by atoms with Crippen LogP contribution in [0.5, 0.6) is 0 Å². The number of hydrogen-bond donors (Lipinski definition) is 1. The van der Waals surface area contributed by atoms with E-state index in [0.29, 0.717) is 4.38 Å². The smallest absolute Gasteiger partial charge is 0.351 e. The van der Waals surface area contributed by atoms with Gasteiger partial charge in [-0.15, -0.1) is 0 Å². The SMILES string of the molecule is CSC(=S)OC1[C@H]2O[Si](C(C)C)(C(C)C)O[Si](C(C)C)(C(C)C)OC[C@@H]2O[C@H]1n1ccc(NC(C)=O)nc1=O. The van der Waals surface area contributed by atoms with Crippen molar-refractivity contribution in [1.82, 2.24) is 9.55 Å². The van der Waals surface area contributed by atoms with Gasteiger partial charge in [-0.3, -0.25) is 9.36 Å². The highest BCUT2D eigenvalue weighted by molar-refractivity contribution is 8.22. The van der Waals surface area contributed by atoms with Crippen molar-refractivity contribution >= 4 is 57.2 Å². The summed E-state index contributed by atoms with van der Waals surface area (Å²) in [6, 6.07) is 1.55. The third-order valence-corrected chi connectivity index (χ3v) is 18.7. The van der Waals surface area contributed by atoms with E-state index in [1.165, 1.54) is 29.4 Å². The van der Waals surface area contributed by atoms with Gasteiger partial charge < -0.3 is 27.8 Å². The maximum Gasteiger partial charge on any atom is 0.351 e. The lowest BCUT2D eigenvalue weighted by atomic mass is 10.1. The first-order valence-electron chi connectivity index (χ1n) is 13.5. The number of nitrogens with zero attached hydrogens (tertiary/aromatic N) is 2. The number of aromatic nitrogens is 2. The molecule has 2 fully saturated rings. The summed E-state index contributed by atoms with van der Waals surface area (Å²) >= 11 is 6.74. The number of fused-ring (bicyclic) bond motifs is 1. The molecule has 2 aliphatic rings. The highest BCUT2D eigenvalue weighted by Gasteiger charge is 2.62. The fourth-order valence-electron chi connectivity index (χ4n) is 5.49. The number of carbonyl (C=O) groups is 1. The van der Waals surface area contributed by atoms with Crippen molar-refractivity contribution in [3.8, 4) is 0 Å². The van der Waals surface area contributed by atoms with Crippen LogP contribution in [-0.4, -0.2) is 68.1 Å². The zero-order chi connectivity index (χ0) is 29.3. The molecule has 1 N–H and O–H groups in total. The summed E-state index contributed by atoms with van der Waals surface area (Å²) < 4.78 is 35.7. The molecule has 10 nitrogen and oxygen atoms in total. The first-order chi connectivity index (χ1) is 18.2. The quantitative estimate of drug-likeness (QED) is 0.328. The van der Waals surface area contributed by atoms with Crippen LogP contribution in [0, 0.1) is 0 Å². The second kappa shape index (κ2) is 12.8. The van der Waals surface area contributed by atoms with Crippen LogP contribution in [0.2, 0.25) is 22.2 Å². The van der Waals surface area contributed by atoms with Crippen molar-refractivity contribution in [3.63, 3.8) is 0 Å². The molecule has 2 aliphatic heterocycles. The molecular weight excluding hydrogens is 575 g/mol. The number of rotatable bonds is 7. The molecule has 4 atom stereocenters. The average molecular weight is 618 g/mol. The summed E-state index contributed by atoms with van der Waals surface area (Å²) in [5, 5.41) is 2.54. The highest BCUT2D eigenvalue weighted by Crippen LogP contribution is 2.48. The maximum atomic E-state index is 13.1. The van der Waals surface area contributed by atoms with Crippen molar-refractivity contribution in [2.45, 2.75) is 109 Å². The van der Waals surface area contributed by atoms with Crippen molar-refractivity contribution in [3.05, 3.63) is 22.7 Å². The van der Waals surface area contributed by atoms with Gasteiger partial charge in [0.15, 0.2) is 12.3 Å². The van der Waals surface area contributed by atoms with E-state index in [2.05, 4.69) is 65.7 Å². The second-order valence-electron chi connectivity index (χ2n) is 11.3. The lowest BCUT2D eigenvalue weighted by Crippen LogP contribution is -2.66. The summed E-state index contributed by atoms with van der Waals surface area (Å²) in [6.45, 7) is 18.8. The number of thioether (sulfide) groups is 1. The lowest BCUT2D eigenvalue weighted by molar-refractivity contribution is -0.114. The minimum Gasteiger partial charge on any atom is -0.468 e. The van der Waals surface area contributed by atoms with Gasteiger partial charge in [-0.1, -0.05) is 67.2 Å². The standard InChI is InChI=1S/C25H43N3O7S2Si2/c1-14(2)38(15(3)4)31-13-19-21(34-39(35-38,16(5)6)17(7)8)22(33-25(36)37-10)23(32-19)28-12-11-20(26-18(9)29)27-24(28)30/h11-12,14-17,19,21-23H,13H2,1-10H3,(H,26,27,29,30)/t19-,21-,22?,23+/m0/s1. The molecular formula is C25H43N3O7S2Si2. The fourth-order valence-corrected chi connectivity index (χ4v) is 17.0. The van der Waals surface area contributed by atoms with E-state index < -0.39 is 47.4 Å². The molecule has 2 saturated heterocycles. The predicted octanol–water partition coefficient (Wildman–Crippen LogP) is 5.09. The Kier molecular flexibility index (Phi) is 10.6. The Hall–Kier alpha value is -1.14. The topological polar surface area (TPSA) is 110 Å². The van der Waals surface area contributed by atoms with Gasteiger partial charge in [0, 0.05) is 13.1 Å². The van der Waals surface area contributed by atoms with Gasteiger partial charge in [-0.25, -0.2) is 4.79 Å². The number of nitrogens with one attached hydrogen (secondary N) is 1. The first kappa shape index (κ1) is 32.4. The fraction of sp³-hybridized carbons (Fsp3) is 0.760. The van der Waals surface area contributed by atoms with Crippen LogP contribution in [0.25, 0.3) is 0 Å². The summed E-state index contributed by atoms with van der Waals surface area (Å²) in [5.74, 6) is -0.160. The Bertz CT molecular complexity index is 1090. The van der Waals surface area contributed by atoms with Crippen LogP contribution in [0.3, 0.4) is 0 Å². The second-order valence-corrected chi connectivity index (χ2v) is 21.6. The summed E-state index contributed by atoms with van der Waals surface area (Å²) in [4.78, 5) is 28.6. The van der Waals surface area contributed by atoms with Crippen LogP contribution >= 0.6 is 24.0 Å². The van der Waals surface area contributed by atoms with Crippen molar-refractivity contribution in [2.75, 3.05) is 18.2 Å². The molecule has 0 bridgehead atoms. The Labute approximate surface area is 243 Å². The van der Waals surface area contributed by atoms with E-state index in [-0.39, 0.29) is 40.5 Å². The monoisotopic (exact) mass is 617 g/mol. The van der Waals surface area contributed by atoms with E-state index in [9.17, 15) is 9.59 Å². The molecule has 0 spiro atoms.